The number of quaternary nitrogens is 1. The Morgan fingerprint density at radius 2 is 1.71 bits per heavy atom. The molecule has 0 bridgehead atoms. The molecular weight excluding hydrogens is 218 g/mol. The molecule has 0 radical (unpaired) electrons. The summed E-state index contributed by atoms with van der Waals surface area (Å²) in [4.78, 5) is 9.84. The summed E-state index contributed by atoms with van der Waals surface area (Å²) < 4.78 is 5.30. The van der Waals surface area contributed by atoms with E-state index in [1.807, 2.05) is 18.2 Å². The molecule has 1 rings (SSSR count). The lowest BCUT2D eigenvalue weighted by atomic mass is 10.2. The van der Waals surface area contributed by atoms with Crippen LogP contribution in [0, 0.1) is 0 Å². The van der Waals surface area contributed by atoms with E-state index in [1.54, 1.807) is 12.1 Å². The van der Waals surface area contributed by atoms with Crippen LogP contribution in [0.2, 0.25) is 0 Å². The zero-order chi connectivity index (χ0) is 13.3. The van der Waals surface area contributed by atoms with Crippen molar-refractivity contribution in [1.82, 2.24) is 0 Å². The van der Waals surface area contributed by atoms with Crippen molar-refractivity contribution in [2.24, 2.45) is 0 Å². The van der Waals surface area contributed by atoms with E-state index < -0.39 is 6.16 Å². The molecule has 1 aromatic rings. The summed E-state index contributed by atoms with van der Waals surface area (Å²) in [6, 6.07) is 9.04. The minimum Gasteiger partial charge on any atom is -0.545 e. The van der Waals surface area contributed by atoms with Gasteiger partial charge in [0.15, 0.2) is 0 Å². The van der Waals surface area contributed by atoms with Crippen molar-refractivity contribution in [1.29, 1.82) is 0 Å². The molecule has 0 aromatic heterocycles. The normalized spacial score (nSPS) is 10.1. The van der Waals surface area contributed by atoms with Crippen LogP contribution in [0.4, 0.5) is 4.79 Å². The van der Waals surface area contributed by atoms with Gasteiger partial charge >= 0.3 is 0 Å². The number of rotatable bonds is 3. The van der Waals surface area contributed by atoms with Gasteiger partial charge in [-0.25, -0.2) is 0 Å². The highest BCUT2D eigenvalue weighted by Gasteiger charge is 1.97. The van der Waals surface area contributed by atoms with Crippen LogP contribution in [0.1, 0.15) is 12.5 Å². The molecule has 17 heavy (non-hydrogen) atoms. The zero-order valence-corrected chi connectivity index (χ0v) is 11.0. The number of carboxylic acid groups (broad SMARTS) is 1. The van der Waals surface area contributed by atoms with E-state index in [0.29, 0.717) is 0 Å². The molecule has 1 aromatic carbocycles. The van der Waals surface area contributed by atoms with Crippen molar-refractivity contribution >= 4 is 6.16 Å². The fourth-order valence-corrected chi connectivity index (χ4v) is 0.716. The van der Waals surface area contributed by atoms with E-state index in [2.05, 4.69) is 32.8 Å². The third-order valence-electron chi connectivity index (χ3n) is 2.15. The van der Waals surface area contributed by atoms with Crippen LogP contribution in [-0.2, 0) is 11.3 Å². The van der Waals surface area contributed by atoms with E-state index in [-0.39, 0.29) is 6.61 Å². The van der Waals surface area contributed by atoms with Crippen molar-refractivity contribution in [2.45, 2.75) is 13.5 Å². The molecule has 0 spiro atoms. The first-order valence-electron chi connectivity index (χ1n) is 5.53. The SMILES string of the molecule is CC[N+](C)(C)C.O=C([O-])OCc1ccccc1. The van der Waals surface area contributed by atoms with E-state index >= 15 is 0 Å². The molecule has 0 saturated carbocycles. The lowest BCUT2D eigenvalue weighted by Gasteiger charge is -2.20. The standard InChI is InChI=1S/C8H8O3.C5H14N/c9-8(10)11-6-7-4-2-1-3-5-7;1-5-6(2,3)4/h1-5H,6H2,(H,9,10);5H2,1-4H3/q;+1/p-1. The molecule has 0 aliphatic heterocycles. The lowest BCUT2D eigenvalue weighted by molar-refractivity contribution is -0.868. The van der Waals surface area contributed by atoms with Gasteiger partial charge in [-0.15, -0.1) is 0 Å². The topological polar surface area (TPSA) is 49.4 Å². The monoisotopic (exact) mass is 239 g/mol. The number of hydrogen-bond acceptors (Lipinski definition) is 3. The van der Waals surface area contributed by atoms with Gasteiger partial charge in [-0.05, 0) is 12.5 Å². The molecule has 0 saturated heterocycles. The predicted molar refractivity (Wildman–Crippen MR) is 65.2 cm³/mol. The van der Waals surface area contributed by atoms with E-state index in [9.17, 15) is 9.90 Å². The van der Waals surface area contributed by atoms with Gasteiger partial charge in [-0.3, -0.25) is 0 Å². The molecule has 0 unspecified atom stereocenters. The first-order valence-corrected chi connectivity index (χ1v) is 5.53. The van der Waals surface area contributed by atoms with Crippen LogP contribution in [0.3, 0.4) is 0 Å². The summed E-state index contributed by atoms with van der Waals surface area (Å²) >= 11 is 0. The molecule has 0 atom stereocenters. The smallest absolute Gasteiger partial charge is 0.252 e. The summed E-state index contributed by atoms with van der Waals surface area (Å²) in [6.45, 7) is 3.45. The van der Waals surface area contributed by atoms with Crippen molar-refractivity contribution in [2.75, 3.05) is 27.7 Å². The summed E-state index contributed by atoms with van der Waals surface area (Å²) in [5.74, 6) is 0. The Bertz CT molecular complexity index is 317. The number of carbonyl (C=O) groups is 1. The molecule has 4 heteroatoms. The van der Waals surface area contributed by atoms with Crippen LogP contribution in [0.5, 0.6) is 0 Å². The third-order valence-corrected chi connectivity index (χ3v) is 2.15. The van der Waals surface area contributed by atoms with Gasteiger partial charge < -0.3 is 19.1 Å². The number of nitrogens with zero attached hydrogens (tertiary/aromatic N) is 1. The van der Waals surface area contributed by atoms with Gasteiger partial charge in [-0.2, -0.15) is 0 Å². The number of ether oxygens (including phenoxy) is 1. The highest BCUT2D eigenvalue weighted by atomic mass is 16.7. The van der Waals surface area contributed by atoms with Crippen molar-refractivity contribution in [3.63, 3.8) is 0 Å². The number of hydrogen-bond donors (Lipinski definition) is 0. The molecule has 96 valence electrons. The second kappa shape index (κ2) is 7.68. The van der Waals surface area contributed by atoms with Gasteiger partial charge in [0, 0.05) is 0 Å². The molecule has 0 aliphatic carbocycles. The minimum atomic E-state index is -1.49. The Hall–Kier alpha value is -1.55. The van der Waals surface area contributed by atoms with Gasteiger partial charge in [0.25, 0.3) is 6.16 Å². The molecule has 0 aliphatic rings. The number of carbonyl (C=O) groups excluding carboxylic acids is 1. The van der Waals surface area contributed by atoms with Gasteiger partial charge in [0.2, 0.25) is 0 Å². The largest absolute Gasteiger partial charge is 0.545 e. The molecule has 0 amide bonds. The summed E-state index contributed by atoms with van der Waals surface area (Å²) in [5.41, 5.74) is 0.816. The van der Waals surface area contributed by atoms with Crippen molar-refractivity contribution in [3.05, 3.63) is 35.9 Å². The van der Waals surface area contributed by atoms with Crippen LogP contribution in [-0.4, -0.2) is 38.3 Å². The summed E-state index contributed by atoms with van der Waals surface area (Å²) in [5, 5.41) is 9.84. The summed E-state index contributed by atoms with van der Waals surface area (Å²) in [7, 11) is 6.54. The average Bonchev–Trinajstić information content (AvgIpc) is 2.28. The van der Waals surface area contributed by atoms with Gasteiger partial charge in [0.1, 0.15) is 0 Å². The van der Waals surface area contributed by atoms with E-state index in [1.165, 1.54) is 6.54 Å². The fraction of sp³-hybridized carbons (Fsp3) is 0.462. The Morgan fingerprint density at radius 1 is 1.24 bits per heavy atom. The molecule has 0 fully saturated rings. The van der Waals surface area contributed by atoms with Crippen LogP contribution >= 0.6 is 0 Å². The second-order valence-corrected chi connectivity index (χ2v) is 4.63. The van der Waals surface area contributed by atoms with Crippen LogP contribution in [0.25, 0.3) is 0 Å². The Balaban J connectivity index is 0.000000366. The highest BCUT2D eigenvalue weighted by Crippen LogP contribution is 1.99. The minimum absolute atomic E-state index is 0.0587. The Kier molecular flexibility index (Phi) is 6.98. The predicted octanol–water partition coefficient (Wildman–Crippen LogP) is 1.26. The quantitative estimate of drug-likeness (QED) is 0.589. The maximum Gasteiger partial charge on any atom is 0.252 e. The van der Waals surface area contributed by atoms with Crippen molar-refractivity contribution < 1.29 is 19.1 Å². The van der Waals surface area contributed by atoms with Crippen molar-refractivity contribution in [3.8, 4) is 0 Å². The third kappa shape index (κ3) is 10.7. The van der Waals surface area contributed by atoms with Gasteiger partial charge in [-0.1, -0.05) is 30.3 Å². The summed E-state index contributed by atoms with van der Waals surface area (Å²) in [6.07, 6.45) is -1.49. The van der Waals surface area contributed by atoms with E-state index in [4.69, 9.17) is 0 Å². The maximum absolute atomic E-state index is 9.84. The second-order valence-electron chi connectivity index (χ2n) is 4.63. The van der Waals surface area contributed by atoms with E-state index in [0.717, 1.165) is 10.0 Å². The Morgan fingerprint density at radius 3 is 2.06 bits per heavy atom. The highest BCUT2D eigenvalue weighted by molar-refractivity contribution is 5.54. The lowest BCUT2D eigenvalue weighted by Crippen LogP contribution is -2.33. The molecule has 0 N–H and O–H groups in total. The zero-order valence-electron chi connectivity index (χ0n) is 11.0. The molecule has 4 nitrogen and oxygen atoms in total. The fourth-order valence-electron chi connectivity index (χ4n) is 0.716. The number of benzene rings is 1. The first-order chi connectivity index (χ1) is 7.85. The van der Waals surface area contributed by atoms with Crippen LogP contribution in [0.15, 0.2) is 30.3 Å². The molecule has 0 heterocycles. The average molecular weight is 239 g/mol. The van der Waals surface area contributed by atoms with Gasteiger partial charge in [0.05, 0.1) is 34.3 Å². The molecular formula is C13H21NO3. The maximum atomic E-state index is 9.84. The Labute approximate surface area is 103 Å². The van der Waals surface area contributed by atoms with Crippen LogP contribution < -0.4 is 5.11 Å². The first kappa shape index (κ1) is 15.4.